The second-order valence-corrected chi connectivity index (χ2v) is 10.2. The molecule has 2 aromatic rings. The number of carbonyl (C=O) groups is 2. The van der Waals surface area contributed by atoms with Crippen LogP contribution < -0.4 is 15.8 Å². The molecule has 36 heavy (non-hydrogen) atoms. The molecule has 2 aliphatic heterocycles. The zero-order valence-electron chi connectivity index (χ0n) is 21.0. The van der Waals surface area contributed by atoms with Gasteiger partial charge in [0.1, 0.15) is 5.75 Å². The Morgan fingerprint density at radius 2 is 1.97 bits per heavy atom. The average Bonchev–Trinajstić information content (AvgIpc) is 3.17. The van der Waals surface area contributed by atoms with Gasteiger partial charge in [0, 0.05) is 24.0 Å². The Hall–Kier alpha value is -3.39. The molecule has 5 rings (SSSR count). The van der Waals surface area contributed by atoms with Gasteiger partial charge in [-0.1, -0.05) is 38.1 Å². The van der Waals surface area contributed by atoms with Gasteiger partial charge in [-0.25, -0.2) is 4.99 Å². The molecule has 0 radical (unpaired) electrons. The number of benzene rings is 2. The molecule has 2 amide bonds. The van der Waals surface area contributed by atoms with Crippen LogP contribution in [0.2, 0.25) is 0 Å². The van der Waals surface area contributed by atoms with Crippen molar-refractivity contribution in [1.82, 2.24) is 10.2 Å². The van der Waals surface area contributed by atoms with Gasteiger partial charge >= 0.3 is 0 Å². The van der Waals surface area contributed by atoms with E-state index >= 15 is 0 Å². The first kappa shape index (κ1) is 24.3. The third-order valence-electron chi connectivity index (χ3n) is 7.98. The minimum Gasteiger partial charge on any atom is -0.490 e. The number of hydrogen-bond donors (Lipinski definition) is 3. The summed E-state index contributed by atoms with van der Waals surface area (Å²) in [7, 11) is 0. The molecular formula is C28H34N4O4. The maximum Gasteiger partial charge on any atom is 0.251 e. The van der Waals surface area contributed by atoms with Crippen molar-refractivity contribution >= 4 is 17.8 Å². The van der Waals surface area contributed by atoms with Crippen LogP contribution in [0.15, 0.2) is 47.5 Å². The number of carbonyl (C=O) groups excluding carboxylic acids is 2. The minimum absolute atomic E-state index is 0.0585. The van der Waals surface area contributed by atoms with E-state index in [4.69, 9.17) is 15.5 Å². The highest BCUT2D eigenvalue weighted by Gasteiger charge is 2.43. The molecular weight excluding hydrogens is 456 g/mol. The van der Waals surface area contributed by atoms with Crippen molar-refractivity contribution < 1.29 is 19.4 Å². The molecule has 0 aromatic heterocycles. The molecule has 0 spiro atoms. The Bertz CT molecular complexity index is 1220. The molecule has 0 unspecified atom stereocenters. The van der Waals surface area contributed by atoms with E-state index in [1.807, 2.05) is 45.0 Å². The molecule has 0 bridgehead atoms. The van der Waals surface area contributed by atoms with E-state index in [0.29, 0.717) is 30.6 Å². The van der Waals surface area contributed by atoms with Gasteiger partial charge in [0.2, 0.25) is 5.91 Å². The highest BCUT2D eigenvalue weighted by Crippen LogP contribution is 2.42. The third kappa shape index (κ3) is 4.13. The molecule has 1 aliphatic carbocycles. The number of hydrogen-bond acceptors (Lipinski definition) is 6. The molecule has 0 fully saturated rings. The van der Waals surface area contributed by atoms with Crippen LogP contribution >= 0.6 is 0 Å². The van der Waals surface area contributed by atoms with Crippen molar-refractivity contribution in [2.24, 2.45) is 10.7 Å². The van der Waals surface area contributed by atoms with E-state index in [1.54, 1.807) is 23.1 Å². The van der Waals surface area contributed by atoms with E-state index in [9.17, 15) is 14.7 Å². The van der Waals surface area contributed by atoms with Gasteiger partial charge in [0.05, 0.1) is 36.3 Å². The number of nitrogens with two attached hydrogens (primary N) is 1. The molecule has 2 aromatic carbocycles. The second-order valence-electron chi connectivity index (χ2n) is 10.2. The van der Waals surface area contributed by atoms with Crippen LogP contribution in [0, 0.1) is 0 Å². The van der Waals surface area contributed by atoms with Crippen LogP contribution in [0.3, 0.4) is 0 Å². The van der Waals surface area contributed by atoms with Crippen LogP contribution in [0.1, 0.15) is 85.6 Å². The molecule has 0 saturated carbocycles. The fraction of sp³-hybridized carbons (Fsp3) is 0.464. The number of aliphatic hydroxyl groups is 1. The number of guanidine groups is 1. The molecule has 4 atom stereocenters. The molecule has 4 N–H and O–H groups in total. The number of nitrogens with one attached hydrogen (secondary N) is 1. The van der Waals surface area contributed by atoms with Gasteiger partial charge in [-0.05, 0) is 49.1 Å². The van der Waals surface area contributed by atoms with Crippen LogP contribution in [0.25, 0.3) is 0 Å². The lowest BCUT2D eigenvalue weighted by Gasteiger charge is -2.42. The monoisotopic (exact) mass is 490 g/mol. The Morgan fingerprint density at radius 1 is 1.22 bits per heavy atom. The zero-order valence-corrected chi connectivity index (χ0v) is 21.0. The van der Waals surface area contributed by atoms with Gasteiger partial charge in [-0.2, -0.15) is 0 Å². The number of ether oxygens (including phenoxy) is 1. The number of nitrogens with zero attached hydrogens (tertiary/aromatic N) is 2. The second kappa shape index (κ2) is 9.24. The Kier molecular flexibility index (Phi) is 6.24. The van der Waals surface area contributed by atoms with Crippen molar-refractivity contribution in [3.8, 4) is 5.75 Å². The molecule has 8 nitrogen and oxygen atoms in total. The molecule has 190 valence electrons. The van der Waals surface area contributed by atoms with Crippen molar-refractivity contribution in [1.29, 1.82) is 0 Å². The van der Waals surface area contributed by atoms with Crippen molar-refractivity contribution in [2.75, 3.05) is 0 Å². The van der Waals surface area contributed by atoms with Gasteiger partial charge in [0.15, 0.2) is 5.96 Å². The maximum atomic E-state index is 13.4. The lowest BCUT2D eigenvalue weighted by molar-refractivity contribution is -0.132. The zero-order chi connectivity index (χ0) is 25.6. The first-order chi connectivity index (χ1) is 17.2. The summed E-state index contributed by atoms with van der Waals surface area (Å²) in [5.74, 6) is 0.501. The fourth-order valence-corrected chi connectivity index (χ4v) is 5.80. The standard InChI is InChI=1S/C28H34N4O4/c1-4-28(5-2)15-24(34)32(27(29)31-28)21-12-16(3)36-23-11-10-18(13-20(21)23)26(35)30-25-19-9-7-6-8-17(19)14-22(25)33/h6-11,13,16,21-22,25,33H,4-5,12,14-15H2,1-3H3,(H2,29,31)(H,30,35)/t16-,21-,22-,25-/m1/s1. The van der Waals surface area contributed by atoms with Crippen molar-refractivity contribution in [3.05, 3.63) is 64.7 Å². The lowest BCUT2D eigenvalue weighted by Crippen LogP contribution is -2.53. The van der Waals surface area contributed by atoms with E-state index < -0.39 is 17.7 Å². The van der Waals surface area contributed by atoms with Gasteiger partial charge in [-0.3, -0.25) is 14.5 Å². The number of fused-ring (bicyclic) bond motifs is 2. The Balaban J connectivity index is 1.45. The number of rotatable bonds is 5. The first-order valence-electron chi connectivity index (χ1n) is 12.8. The highest BCUT2D eigenvalue weighted by molar-refractivity contribution is 6.00. The summed E-state index contributed by atoms with van der Waals surface area (Å²) >= 11 is 0. The van der Waals surface area contributed by atoms with E-state index in [2.05, 4.69) is 5.32 Å². The normalized spacial score (nSPS) is 26.5. The SMILES string of the molecule is CCC1(CC)CC(=O)N([C@@H]2C[C@@H](C)Oc3ccc(C(=O)N[C@@H]4c5ccccc5C[C@H]4O)cc32)C(N)=N1. The molecule has 0 saturated heterocycles. The third-order valence-corrected chi connectivity index (χ3v) is 7.98. The summed E-state index contributed by atoms with van der Waals surface area (Å²) in [5, 5.41) is 13.6. The van der Waals surface area contributed by atoms with Gasteiger partial charge in [-0.15, -0.1) is 0 Å². The largest absolute Gasteiger partial charge is 0.490 e. The molecule has 8 heteroatoms. The Labute approximate surface area is 211 Å². The van der Waals surface area contributed by atoms with Gasteiger partial charge in [0.25, 0.3) is 5.91 Å². The topological polar surface area (TPSA) is 117 Å². The van der Waals surface area contributed by atoms with Gasteiger partial charge < -0.3 is 20.9 Å². The van der Waals surface area contributed by atoms with E-state index in [0.717, 1.165) is 29.5 Å². The summed E-state index contributed by atoms with van der Waals surface area (Å²) in [4.78, 5) is 33.0. The summed E-state index contributed by atoms with van der Waals surface area (Å²) in [6.45, 7) is 6.01. The average molecular weight is 491 g/mol. The van der Waals surface area contributed by atoms with Crippen LogP contribution in [0.4, 0.5) is 0 Å². The van der Waals surface area contributed by atoms with Crippen LogP contribution in [-0.4, -0.2) is 45.5 Å². The quantitative estimate of drug-likeness (QED) is 0.594. The minimum atomic E-state index is -0.680. The first-order valence-corrected chi connectivity index (χ1v) is 12.8. The number of amides is 2. The van der Waals surface area contributed by atoms with Crippen molar-refractivity contribution in [2.45, 2.75) is 82.7 Å². The maximum absolute atomic E-state index is 13.4. The van der Waals surface area contributed by atoms with Crippen molar-refractivity contribution in [3.63, 3.8) is 0 Å². The smallest absolute Gasteiger partial charge is 0.251 e. The van der Waals surface area contributed by atoms with E-state index in [-0.39, 0.29) is 29.9 Å². The predicted octanol–water partition coefficient (Wildman–Crippen LogP) is 3.39. The van der Waals surface area contributed by atoms with Crippen LogP contribution in [-0.2, 0) is 11.2 Å². The fourth-order valence-electron chi connectivity index (χ4n) is 5.80. The summed E-state index contributed by atoms with van der Waals surface area (Å²) in [6, 6.07) is 12.2. The molecule has 2 heterocycles. The highest BCUT2D eigenvalue weighted by atomic mass is 16.5. The van der Waals surface area contributed by atoms with Crippen LogP contribution in [0.5, 0.6) is 5.75 Å². The summed E-state index contributed by atoms with van der Waals surface area (Å²) in [6.07, 6.45) is 2.03. The number of aliphatic imine (C=N–C) groups is 1. The Morgan fingerprint density at radius 3 is 2.69 bits per heavy atom. The summed E-state index contributed by atoms with van der Waals surface area (Å²) < 4.78 is 6.05. The molecule has 3 aliphatic rings. The predicted molar refractivity (Wildman–Crippen MR) is 137 cm³/mol. The summed E-state index contributed by atoms with van der Waals surface area (Å²) in [5.41, 5.74) is 9.09. The lowest BCUT2D eigenvalue weighted by atomic mass is 9.86. The van der Waals surface area contributed by atoms with E-state index in [1.165, 1.54) is 0 Å². The number of aliphatic hydroxyl groups excluding tert-OH is 1.